The van der Waals surface area contributed by atoms with Gasteiger partial charge in [-0.1, -0.05) is 6.42 Å². The summed E-state index contributed by atoms with van der Waals surface area (Å²) in [5.41, 5.74) is 0.159. The van der Waals surface area contributed by atoms with Crippen LogP contribution in [0.3, 0.4) is 0 Å². The van der Waals surface area contributed by atoms with Crippen molar-refractivity contribution >= 4 is 28.4 Å². The minimum absolute atomic E-state index is 0.0306. The molecule has 0 unspecified atom stereocenters. The average Bonchev–Trinajstić information content (AvgIpc) is 3.01. The number of benzene rings is 1. The molecule has 0 bridgehead atoms. The van der Waals surface area contributed by atoms with Crippen molar-refractivity contribution in [3.05, 3.63) is 29.8 Å². The predicted molar refractivity (Wildman–Crippen MR) is 84.9 cm³/mol. The smallest absolute Gasteiger partial charge is 0.396 e. The summed E-state index contributed by atoms with van der Waals surface area (Å²) in [5, 5.41) is 15.9. The zero-order valence-corrected chi connectivity index (χ0v) is 13.7. The van der Waals surface area contributed by atoms with Crippen LogP contribution in [0.2, 0.25) is 0 Å². The van der Waals surface area contributed by atoms with Crippen LogP contribution >= 0.6 is 11.8 Å². The highest BCUT2D eigenvalue weighted by atomic mass is 32.2. The van der Waals surface area contributed by atoms with E-state index in [1.54, 1.807) is 0 Å². The van der Waals surface area contributed by atoms with Crippen LogP contribution in [0.25, 0.3) is 16.7 Å². The van der Waals surface area contributed by atoms with Gasteiger partial charge in [-0.25, -0.2) is 9.37 Å². The number of hydrogen-bond donors (Lipinski definition) is 1. The van der Waals surface area contributed by atoms with Gasteiger partial charge in [0.1, 0.15) is 10.8 Å². The first-order valence-electron chi connectivity index (χ1n) is 7.57. The summed E-state index contributed by atoms with van der Waals surface area (Å²) in [7, 11) is 0. The molecule has 5 nitrogen and oxygen atoms in total. The van der Waals surface area contributed by atoms with Crippen molar-refractivity contribution in [1.29, 1.82) is 0 Å². The average molecular weight is 374 g/mol. The van der Waals surface area contributed by atoms with E-state index in [2.05, 4.69) is 15.2 Å². The van der Waals surface area contributed by atoms with Crippen molar-refractivity contribution in [2.45, 2.75) is 30.5 Å². The largest absolute Gasteiger partial charge is 0.452 e. The first-order chi connectivity index (χ1) is 11.9. The van der Waals surface area contributed by atoms with Crippen molar-refractivity contribution in [2.75, 3.05) is 12.4 Å². The molecule has 0 aliphatic heterocycles. The van der Waals surface area contributed by atoms with Crippen molar-refractivity contribution in [1.82, 2.24) is 19.6 Å². The number of halogens is 4. The third-order valence-electron chi connectivity index (χ3n) is 3.55. The Morgan fingerprint density at radius 2 is 1.92 bits per heavy atom. The Hall–Kier alpha value is -1.94. The van der Waals surface area contributed by atoms with Crippen LogP contribution in [0.5, 0.6) is 0 Å². The Balaban J connectivity index is 2.08. The lowest BCUT2D eigenvalue weighted by Gasteiger charge is -2.10. The number of rotatable bonds is 6. The molecular formula is C15H14F4N4OS. The molecule has 0 aliphatic rings. The van der Waals surface area contributed by atoms with Crippen LogP contribution in [-0.2, 0) is 6.18 Å². The molecular weight excluding hydrogens is 360 g/mol. The van der Waals surface area contributed by atoms with E-state index >= 15 is 0 Å². The number of thioether (sulfide) groups is 1. The van der Waals surface area contributed by atoms with E-state index in [-0.39, 0.29) is 23.3 Å². The number of unbranched alkanes of at least 4 members (excludes halogenated alkanes) is 2. The van der Waals surface area contributed by atoms with Gasteiger partial charge in [-0.3, -0.25) is 4.40 Å². The second-order valence-electron chi connectivity index (χ2n) is 5.36. The van der Waals surface area contributed by atoms with Crippen LogP contribution in [0, 0.1) is 5.82 Å². The number of alkyl halides is 3. The summed E-state index contributed by atoms with van der Waals surface area (Å²) in [6, 6.07) is 3.47. The van der Waals surface area contributed by atoms with Gasteiger partial charge in [0.25, 0.3) is 0 Å². The van der Waals surface area contributed by atoms with Gasteiger partial charge in [-0.15, -0.1) is 22.0 Å². The van der Waals surface area contributed by atoms with Crippen molar-refractivity contribution in [3.8, 4) is 0 Å². The minimum atomic E-state index is -4.72. The zero-order chi connectivity index (χ0) is 18.0. The van der Waals surface area contributed by atoms with E-state index in [9.17, 15) is 17.6 Å². The summed E-state index contributed by atoms with van der Waals surface area (Å²) in [5.74, 6) is -1.26. The Bertz CT molecular complexity index is 896. The SMILES string of the molecule is OCCCCCSc1nc2ccc(F)cc2n2c(C(F)(F)F)nnc12. The maximum Gasteiger partial charge on any atom is 0.452 e. The number of nitrogens with zero attached hydrogens (tertiary/aromatic N) is 4. The topological polar surface area (TPSA) is 63.3 Å². The van der Waals surface area contributed by atoms with Crippen LogP contribution in [0.4, 0.5) is 17.6 Å². The summed E-state index contributed by atoms with van der Waals surface area (Å²) < 4.78 is 54.0. The van der Waals surface area contributed by atoms with E-state index in [0.29, 0.717) is 17.2 Å². The molecule has 0 amide bonds. The van der Waals surface area contributed by atoms with Crippen molar-refractivity contribution < 1.29 is 22.7 Å². The fourth-order valence-corrected chi connectivity index (χ4v) is 3.39. The molecule has 0 spiro atoms. The lowest BCUT2D eigenvalue weighted by atomic mass is 10.3. The van der Waals surface area contributed by atoms with Gasteiger partial charge in [-0.05, 0) is 30.7 Å². The highest BCUT2D eigenvalue weighted by Crippen LogP contribution is 2.33. The van der Waals surface area contributed by atoms with Crippen LogP contribution < -0.4 is 0 Å². The lowest BCUT2D eigenvalue weighted by Crippen LogP contribution is -2.12. The van der Waals surface area contributed by atoms with Gasteiger partial charge in [0.2, 0.25) is 5.82 Å². The Morgan fingerprint density at radius 1 is 1.12 bits per heavy atom. The maximum absolute atomic E-state index is 13.5. The molecule has 2 heterocycles. The summed E-state index contributed by atoms with van der Waals surface area (Å²) in [6.45, 7) is 0.105. The molecule has 25 heavy (non-hydrogen) atoms. The lowest BCUT2D eigenvalue weighted by molar-refractivity contribution is -0.145. The molecule has 1 aromatic carbocycles. The highest BCUT2D eigenvalue weighted by Gasteiger charge is 2.38. The number of aromatic nitrogens is 4. The first-order valence-corrected chi connectivity index (χ1v) is 8.55. The van der Waals surface area contributed by atoms with Crippen molar-refractivity contribution in [3.63, 3.8) is 0 Å². The Kier molecular flexibility index (Phi) is 5.09. The van der Waals surface area contributed by atoms with Gasteiger partial charge in [0.15, 0.2) is 5.65 Å². The van der Waals surface area contributed by atoms with Gasteiger partial charge >= 0.3 is 6.18 Å². The van der Waals surface area contributed by atoms with Crippen LogP contribution in [0.15, 0.2) is 23.2 Å². The molecule has 10 heteroatoms. The molecule has 0 saturated carbocycles. The molecule has 0 aliphatic carbocycles. The normalized spacial score (nSPS) is 12.4. The van der Waals surface area contributed by atoms with E-state index in [1.165, 1.54) is 17.8 Å². The predicted octanol–water partition coefficient (Wildman–Crippen LogP) is 3.69. The standard InChI is InChI=1S/C15H14F4N4OS/c16-9-4-5-10-11(8-9)23-12(21-22-14(23)15(17,18)19)13(20-10)25-7-3-1-2-6-24/h4-5,8,24H,1-3,6-7H2. The molecule has 0 fully saturated rings. The second kappa shape index (κ2) is 7.12. The molecule has 3 aromatic rings. The fraction of sp³-hybridized carbons (Fsp3) is 0.400. The molecule has 1 N–H and O–H groups in total. The number of fused-ring (bicyclic) bond motifs is 3. The maximum atomic E-state index is 13.5. The number of aliphatic hydroxyl groups is 1. The minimum Gasteiger partial charge on any atom is -0.396 e. The van der Waals surface area contributed by atoms with Gasteiger partial charge in [0.05, 0.1) is 11.0 Å². The summed E-state index contributed by atoms with van der Waals surface area (Å²) >= 11 is 1.27. The van der Waals surface area contributed by atoms with Gasteiger partial charge in [-0.2, -0.15) is 13.2 Å². The third kappa shape index (κ3) is 3.69. The van der Waals surface area contributed by atoms with Crippen LogP contribution in [0.1, 0.15) is 25.1 Å². The van der Waals surface area contributed by atoms with E-state index in [4.69, 9.17) is 5.11 Å². The first kappa shape index (κ1) is 17.9. The van der Waals surface area contributed by atoms with Crippen LogP contribution in [-0.4, -0.2) is 37.0 Å². The number of hydrogen-bond acceptors (Lipinski definition) is 5. The summed E-state index contributed by atoms with van der Waals surface area (Å²) in [6.07, 6.45) is -2.47. The zero-order valence-electron chi connectivity index (χ0n) is 12.9. The van der Waals surface area contributed by atoms with Crippen molar-refractivity contribution in [2.24, 2.45) is 0 Å². The second-order valence-corrected chi connectivity index (χ2v) is 6.45. The highest BCUT2D eigenvalue weighted by molar-refractivity contribution is 7.99. The monoisotopic (exact) mass is 374 g/mol. The van der Waals surface area contributed by atoms with Gasteiger partial charge < -0.3 is 5.11 Å². The van der Waals surface area contributed by atoms with E-state index < -0.39 is 17.8 Å². The molecule has 2 aromatic heterocycles. The summed E-state index contributed by atoms with van der Waals surface area (Å²) in [4.78, 5) is 4.31. The molecule has 0 radical (unpaired) electrons. The van der Waals surface area contributed by atoms with E-state index in [1.807, 2.05) is 0 Å². The Labute approximate surface area is 144 Å². The molecule has 0 atom stereocenters. The molecule has 0 saturated heterocycles. The molecule has 3 rings (SSSR count). The number of aliphatic hydroxyl groups excluding tert-OH is 1. The molecule has 134 valence electrons. The fourth-order valence-electron chi connectivity index (χ4n) is 2.42. The van der Waals surface area contributed by atoms with E-state index in [0.717, 1.165) is 29.4 Å². The Morgan fingerprint density at radius 3 is 2.64 bits per heavy atom. The van der Waals surface area contributed by atoms with Gasteiger partial charge in [0, 0.05) is 12.7 Å². The third-order valence-corrected chi connectivity index (χ3v) is 4.59. The quantitative estimate of drug-likeness (QED) is 0.405.